The molecular weight excluding hydrogens is 200 g/mol. The molecule has 0 unspecified atom stereocenters. The van der Waals surface area contributed by atoms with Crippen LogP contribution in [0.15, 0.2) is 29.2 Å². The van der Waals surface area contributed by atoms with Crippen molar-refractivity contribution in [3.8, 4) is 0 Å². The Balaban J connectivity index is 2.46. The average Bonchev–Trinajstić information content (AvgIpc) is 2.51. The molecule has 1 heterocycles. The number of carbonyl (C=O) groups is 1. The molecule has 1 N–H and O–H groups in total. The molecule has 0 amide bonds. The van der Waals surface area contributed by atoms with Crippen molar-refractivity contribution in [3.63, 3.8) is 0 Å². The summed E-state index contributed by atoms with van der Waals surface area (Å²) in [5, 5.41) is 9.48. The summed E-state index contributed by atoms with van der Waals surface area (Å²) in [4.78, 5) is 14.6. The predicted octanol–water partition coefficient (Wildman–Crippen LogP) is 1.54. The van der Waals surface area contributed by atoms with Crippen molar-refractivity contribution in [2.75, 3.05) is 5.75 Å². The summed E-state index contributed by atoms with van der Waals surface area (Å²) in [7, 11) is 1.91. The van der Waals surface area contributed by atoms with Crippen molar-refractivity contribution < 1.29 is 9.90 Å². The zero-order chi connectivity index (χ0) is 10.6. The molecule has 0 fully saturated rings. The van der Waals surface area contributed by atoms with E-state index >= 15 is 0 Å². The lowest BCUT2D eigenvalue weighted by molar-refractivity contribution is -0.132. The lowest BCUT2D eigenvalue weighted by atomic mass is 10.3. The van der Waals surface area contributed by atoms with Gasteiger partial charge in [0.15, 0.2) is 5.16 Å². The maximum Gasteiger partial charge on any atom is 0.330 e. The Bertz CT molecular complexity index is 357. The van der Waals surface area contributed by atoms with Crippen molar-refractivity contribution in [1.29, 1.82) is 0 Å². The first-order valence-corrected chi connectivity index (χ1v) is 5.10. The first-order chi connectivity index (χ1) is 6.61. The van der Waals surface area contributed by atoms with Crippen LogP contribution in [-0.4, -0.2) is 26.4 Å². The van der Waals surface area contributed by atoms with Gasteiger partial charge in [0.25, 0.3) is 0 Å². The normalized spacial score (nSPS) is 11.7. The van der Waals surface area contributed by atoms with Crippen molar-refractivity contribution >= 4 is 17.7 Å². The number of rotatable bonds is 4. The van der Waals surface area contributed by atoms with E-state index in [1.54, 1.807) is 19.2 Å². The molecule has 0 aromatic carbocycles. The van der Waals surface area contributed by atoms with E-state index in [0.717, 1.165) is 5.16 Å². The Morgan fingerprint density at radius 3 is 3.00 bits per heavy atom. The summed E-state index contributed by atoms with van der Waals surface area (Å²) in [5.41, 5.74) is 0.367. The number of nitrogens with zero attached hydrogens (tertiary/aromatic N) is 2. The maximum atomic E-state index is 10.5. The number of carboxylic acids is 1. The molecule has 1 rings (SSSR count). The topological polar surface area (TPSA) is 55.1 Å². The number of aryl methyl sites for hydroxylation is 1. The Hall–Kier alpha value is -1.23. The van der Waals surface area contributed by atoms with Gasteiger partial charge in [0.05, 0.1) is 0 Å². The van der Waals surface area contributed by atoms with E-state index in [4.69, 9.17) is 5.11 Å². The standard InChI is InChI=1S/C9H12N2O2S/c1-7(8(12)13)3-6-14-9-10-4-5-11(9)2/h3-5H,6H2,1-2H3,(H,12,13). The molecule has 76 valence electrons. The number of imidazole rings is 1. The van der Waals surface area contributed by atoms with Gasteiger partial charge in [-0.1, -0.05) is 17.8 Å². The molecule has 0 saturated heterocycles. The Labute approximate surface area is 86.6 Å². The largest absolute Gasteiger partial charge is 0.478 e. The van der Waals surface area contributed by atoms with Crippen LogP contribution in [0.25, 0.3) is 0 Å². The van der Waals surface area contributed by atoms with Gasteiger partial charge in [-0.15, -0.1) is 0 Å². The third-order valence-corrected chi connectivity index (χ3v) is 2.70. The van der Waals surface area contributed by atoms with E-state index in [2.05, 4.69) is 4.98 Å². The molecule has 0 saturated carbocycles. The van der Waals surface area contributed by atoms with Gasteiger partial charge in [0.2, 0.25) is 0 Å². The second-order valence-electron chi connectivity index (χ2n) is 2.82. The molecule has 0 spiro atoms. The molecular formula is C9H12N2O2S. The van der Waals surface area contributed by atoms with Crippen LogP contribution >= 0.6 is 11.8 Å². The minimum atomic E-state index is -0.870. The van der Waals surface area contributed by atoms with Crippen molar-refractivity contribution in [2.45, 2.75) is 12.1 Å². The molecule has 1 aromatic rings. The van der Waals surface area contributed by atoms with Crippen LogP contribution in [0.5, 0.6) is 0 Å². The molecule has 0 aliphatic heterocycles. The highest BCUT2D eigenvalue weighted by atomic mass is 32.2. The number of aliphatic carboxylic acids is 1. The van der Waals surface area contributed by atoms with E-state index in [1.165, 1.54) is 11.8 Å². The molecule has 5 heteroatoms. The zero-order valence-electron chi connectivity index (χ0n) is 8.10. The lowest BCUT2D eigenvalue weighted by Gasteiger charge is -1.98. The molecule has 0 atom stereocenters. The van der Waals surface area contributed by atoms with E-state index in [0.29, 0.717) is 11.3 Å². The van der Waals surface area contributed by atoms with Gasteiger partial charge in [-0.25, -0.2) is 9.78 Å². The first kappa shape index (κ1) is 10.8. The smallest absolute Gasteiger partial charge is 0.330 e. The molecule has 4 nitrogen and oxygen atoms in total. The van der Waals surface area contributed by atoms with Crippen LogP contribution < -0.4 is 0 Å². The van der Waals surface area contributed by atoms with Crippen molar-refractivity contribution in [2.24, 2.45) is 7.05 Å². The van der Waals surface area contributed by atoms with Gasteiger partial charge in [0.1, 0.15) is 0 Å². The van der Waals surface area contributed by atoms with Crippen LogP contribution in [0.4, 0.5) is 0 Å². The fraction of sp³-hybridized carbons (Fsp3) is 0.333. The fourth-order valence-electron chi connectivity index (χ4n) is 0.820. The predicted molar refractivity (Wildman–Crippen MR) is 55.3 cm³/mol. The van der Waals surface area contributed by atoms with E-state index < -0.39 is 5.97 Å². The number of carboxylic acid groups (broad SMARTS) is 1. The summed E-state index contributed by atoms with van der Waals surface area (Å²) >= 11 is 1.51. The summed E-state index contributed by atoms with van der Waals surface area (Å²) in [6, 6.07) is 0. The highest BCUT2D eigenvalue weighted by molar-refractivity contribution is 7.99. The second-order valence-corrected chi connectivity index (χ2v) is 3.81. The minimum absolute atomic E-state index is 0.367. The highest BCUT2D eigenvalue weighted by Crippen LogP contribution is 2.14. The number of hydrogen-bond donors (Lipinski definition) is 1. The molecule has 0 bridgehead atoms. The second kappa shape index (κ2) is 4.85. The third-order valence-electron chi connectivity index (χ3n) is 1.72. The third kappa shape index (κ3) is 2.92. The van der Waals surface area contributed by atoms with Crippen LogP contribution in [0, 0.1) is 0 Å². The van der Waals surface area contributed by atoms with Gasteiger partial charge in [0, 0.05) is 30.8 Å². The minimum Gasteiger partial charge on any atom is -0.478 e. The molecule has 0 aliphatic rings. The lowest BCUT2D eigenvalue weighted by Crippen LogP contribution is -1.96. The quantitative estimate of drug-likeness (QED) is 0.607. The average molecular weight is 212 g/mol. The molecule has 0 radical (unpaired) electrons. The first-order valence-electron chi connectivity index (χ1n) is 4.11. The maximum absolute atomic E-state index is 10.5. The van der Waals surface area contributed by atoms with Crippen LogP contribution in [-0.2, 0) is 11.8 Å². The number of aromatic nitrogens is 2. The SMILES string of the molecule is CC(=CCSc1nccn1C)C(=O)O. The highest BCUT2D eigenvalue weighted by Gasteiger charge is 2.00. The Morgan fingerprint density at radius 2 is 2.50 bits per heavy atom. The van der Waals surface area contributed by atoms with Gasteiger partial charge in [-0.05, 0) is 6.92 Å². The van der Waals surface area contributed by atoms with Crippen LogP contribution in [0.1, 0.15) is 6.92 Å². The molecule has 0 aliphatic carbocycles. The van der Waals surface area contributed by atoms with Crippen LogP contribution in [0.3, 0.4) is 0 Å². The summed E-state index contributed by atoms with van der Waals surface area (Å²) in [5.74, 6) is -0.242. The van der Waals surface area contributed by atoms with Crippen molar-refractivity contribution in [1.82, 2.24) is 9.55 Å². The van der Waals surface area contributed by atoms with Crippen LogP contribution in [0.2, 0.25) is 0 Å². The monoisotopic (exact) mass is 212 g/mol. The summed E-state index contributed by atoms with van der Waals surface area (Å²) in [6.45, 7) is 1.58. The van der Waals surface area contributed by atoms with Gasteiger partial charge in [-0.3, -0.25) is 0 Å². The number of hydrogen-bond acceptors (Lipinski definition) is 3. The fourth-order valence-corrected chi connectivity index (χ4v) is 1.70. The van der Waals surface area contributed by atoms with Gasteiger partial charge in [-0.2, -0.15) is 0 Å². The van der Waals surface area contributed by atoms with Crippen molar-refractivity contribution in [3.05, 3.63) is 24.0 Å². The Kier molecular flexibility index (Phi) is 3.76. The van der Waals surface area contributed by atoms with E-state index in [1.807, 2.05) is 17.8 Å². The zero-order valence-corrected chi connectivity index (χ0v) is 8.91. The van der Waals surface area contributed by atoms with E-state index in [-0.39, 0.29) is 0 Å². The molecule has 1 aromatic heterocycles. The van der Waals surface area contributed by atoms with Gasteiger partial charge >= 0.3 is 5.97 Å². The summed E-state index contributed by atoms with van der Waals surface area (Å²) in [6.07, 6.45) is 5.26. The summed E-state index contributed by atoms with van der Waals surface area (Å²) < 4.78 is 1.90. The Morgan fingerprint density at radius 1 is 1.79 bits per heavy atom. The molecule has 14 heavy (non-hydrogen) atoms. The van der Waals surface area contributed by atoms with Gasteiger partial charge < -0.3 is 9.67 Å². The number of thioether (sulfide) groups is 1. The van der Waals surface area contributed by atoms with E-state index in [9.17, 15) is 4.79 Å².